The van der Waals surface area contributed by atoms with Crippen LogP contribution in [-0.2, 0) is 19.0 Å². The van der Waals surface area contributed by atoms with Crippen molar-refractivity contribution in [1.29, 1.82) is 0 Å². The van der Waals surface area contributed by atoms with Gasteiger partial charge in [-0.15, -0.1) is 0 Å². The minimum Gasteiger partial charge on any atom is -0.465 e. The molecule has 0 aliphatic carbocycles. The Labute approximate surface area is 330 Å². The number of likely N-dealkylation sites (N-methyl/N-ethyl adjacent to an activating group) is 1. The Morgan fingerprint density at radius 2 is 0.962 bits per heavy atom. The lowest BCUT2D eigenvalue weighted by atomic mass is 9.94. The number of hydrogen-bond donors (Lipinski definition) is 0. The first-order valence-electron chi connectivity index (χ1n) is 23.3. The first kappa shape index (κ1) is 51.7. The van der Waals surface area contributed by atoms with E-state index in [-0.39, 0.29) is 12.1 Å². The highest BCUT2D eigenvalue weighted by atomic mass is 16.7. The predicted molar refractivity (Wildman–Crippen MR) is 227 cm³/mol. The lowest BCUT2D eigenvalue weighted by molar-refractivity contribution is -0.145. The van der Waals surface area contributed by atoms with Gasteiger partial charge in [0.15, 0.2) is 0 Å². The standard InChI is InChI=1S/C46H92N2O5/c1-8-13-16-19-21-22-23-25-27-29-33-43(32-28-26-24-20-17-14-9-2)41-52-45(49)36-31-35-44(34-30-18-15-10-3)53-46(50)51-40-39-48(42(6)7)38-37-47(11-4)12-5/h42-44H,8-41H2,1-7H3. The second-order valence-corrected chi connectivity index (χ2v) is 16.2. The van der Waals surface area contributed by atoms with Gasteiger partial charge in [0.1, 0.15) is 12.7 Å². The second-order valence-electron chi connectivity index (χ2n) is 16.2. The highest BCUT2D eigenvalue weighted by molar-refractivity contribution is 5.69. The molecule has 0 aromatic heterocycles. The van der Waals surface area contributed by atoms with Crippen LogP contribution in [0.2, 0.25) is 0 Å². The van der Waals surface area contributed by atoms with Crippen molar-refractivity contribution in [3.8, 4) is 0 Å². The maximum Gasteiger partial charge on any atom is 0.508 e. The van der Waals surface area contributed by atoms with Gasteiger partial charge in [-0.3, -0.25) is 9.69 Å². The van der Waals surface area contributed by atoms with Crippen LogP contribution in [0.3, 0.4) is 0 Å². The van der Waals surface area contributed by atoms with E-state index in [0.717, 1.165) is 45.4 Å². The number of hydrogen-bond acceptors (Lipinski definition) is 7. The van der Waals surface area contributed by atoms with Crippen LogP contribution in [0.25, 0.3) is 0 Å². The number of ether oxygens (including phenoxy) is 3. The van der Waals surface area contributed by atoms with Gasteiger partial charge >= 0.3 is 12.1 Å². The molecule has 0 bridgehead atoms. The molecule has 0 spiro atoms. The Bertz CT molecular complexity index is 790. The van der Waals surface area contributed by atoms with Crippen molar-refractivity contribution in [2.45, 2.75) is 234 Å². The Morgan fingerprint density at radius 1 is 0.509 bits per heavy atom. The van der Waals surface area contributed by atoms with Crippen LogP contribution in [-0.4, -0.2) is 80.0 Å². The van der Waals surface area contributed by atoms with Gasteiger partial charge < -0.3 is 19.1 Å². The molecular weight excluding hydrogens is 661 g/mol. The van der Waals surface area contributed by atoms with Crippen molar-refractivity contribution >= 4 is 12.1 Å². The molecule has 0 aromatic rings. The summed E-state index contributed by atoms with van der Waals surface area (Å²) in [5.74, 6) is 0.361. The third-order valence-corrected chi connectivity index (χ3v) is 11.1. The van der Waals surface area contributed by atoms with Gasteiger partial charge in [0.05, 0.1) is 6.61 Å². The molecule has 0 aliphatic rings. The number of rotatable bonds is 40. The minimum absolute atomic E-state index is 0.108. The van der Waals surface area contributed by atoms with Crippen LogP contribution in [0.5, 0.6) is 0 Å². The van der Waals surface area contributed by atoms with E-state index in [1.165, 1.54) is 135 Å². The molecule has 0 N–H and O–H groups in total. The number of unbranched alkanes of at least 4 members (excludes halogenated alkanes) is 18. The van der Waals surface area contributed by atoms with Crippen molar-refractivity contribution in [3.05, 3.63) is 0 Å². The summed E-state index contributed by atoms with van der Waals surface area (Å²) in [6.45, 7) is 21.1. The third-order valence-electron chi connectivity index (χ3n) is 11.1. The van der Waals surface area contributed by atoms with Gasteiger partial charge in [-0.05, 0) is 71.4 Å². The van der Waals surface area contributed by atoms with Crippen LogP contribution in [0.4, 0.5) is 4.79 Å². The first-order chi connectivity index (χ1) is 25.8. The molecule has 53 heavy (non-hydrogen) atoms. The highest BCUT2D eigenvalue weighted by Gasteiger charge is 2.19. The smallest absolute Gasteiger partial charge is 0.465 e. The zero-order valence-electron chi connectivity index (χ0n) is 36.7. The van der Waals surface area contributed by atoms with Gasteiger partial charge in [-0.25, -0.2) is 4.79 Å². The Kier molecular flexibility index (Phi) is 37.9. The summed E-state index contributed by atoms with van der Waals surface area (Å²) >= 11 is 0. The van der Waals surface area contributed by atoms with Crippen molar-refractivity contribution < 1.29 is 23.8 Å². The van der Waals surface area contributed by atoms with Gasteiger partial charge in [0.25, 0.3) is 0 Å². The third kappa shape index (κ3) is 33.7. The van der Waals surface area contributed by atoms with E-state index in [2.05, 4.69) is 58.3 Å². The Balaban J connectivity index is 4.76. The van der Waals surface area contributed by atoms with Crippen LogP contribution in [0.15, 0.2) is 0 Å². The zero-order valence-corrected chi connectivity index (χ0v) is 36.7. The van der Waals surface area contributed by atoms with E-state index in [0.29, 0.717) is 51.0 Å². The lowest BCUT2D eigenvalue weighted by Crippen LogP contribution is -2.40. The molecule has 2 atom stereocenters. The summed E-state index contributed by atoms with van der Waals surface area (Å²) in [4.78, 5) is 30.4. The van der Waals surface area contributed by atoms with E-state index in [1.54, 1.807) is 0 Å². The monoisotopic (exact) mass is 753 g/mol. The number of carbonyl (C=O) groups excluding carboxylic acids is 2. The summed E-state index contributed by atoms with van der Waals surface area (Å²) in [7, 11) is 0. The number of nitrogens with zero attached hydrogens (tertiary/aromatic N) is 2. The van der Waals surface area contributed by atoms with E-state index < -0.39 is 6.16 Å². The largest absolute Gasteiger partial charge is 0.508 e. The molecule has 0 rings (SSSR count). The average Bonchev–Trinajstić information content (AvgIpc) is 3.14. The molecule has 0 heterocycles. The van der Waals surface area contributed by atoms with Crippen LogP contribution < -0.4 is 0 Å². The topological polar surface area (TPSA) is 68.3 Å². The molecule has 0 amide bonds. The highest BCUT2D eigenvalue weighted by Crippen LogP contribution is 2.21. The molecule has 0 aliphatic heterocycles. The molecule has 0 saturated carbocycles. The molecule has 7 heteroatoms. The van der Waals surface area contributed by atoms with Gasteiger partial charge in [0.2, 0.25) is 0 Å². The van der Waals surface area contributed by atoms with E-state index >= 15 is 0 Å². The molecule has 0 aromatic carbocycles. The first-order valence-corrected chi connectivity index (χ1v) is 23.3. The van der Waals surface area contributed by atoms with Gasteiger partial charge in [-0.1, -0.05) is 163 Å². The second kappa shape index (κ2) is 38.9. The number of carbonyl (C=O) groups is 2. The molecule has 2 unspecified atom stereocenters. The van der Waals surface area contributed by atoms with Crippen LogP contribution in [0.1, 0.15) is 222 Å². The summed E-state index contributed by atoms with van der Waals surface area (Å²) in [6, 6.07) is 0.381. The molecule has 0 saturated heterocycles. The summed E-state index contributed by atoms with van der Waals surface area (Å²) < 4.78 is 17.3. The Morgan fingerprint density at radius 3 is 1.45 bits per heavy atom. The fourth-order valence-corrected chi connectivity index (χ4v) is 7.29. The molecular formula is C46H92N2O5. The van der Waals surface area contributed by atoms with E-state index in [1.807, 2.05) is 0 Å². The fourth-order valence-electron chi connectivity index (χ4n) is 7.29. The maximum absolute atomic E-state index is 12.9. The minimum atomic E-state index is -0.583. The summed E-state index contributed by atoms with van der Waals surface area (Å²) in [5.41, 5.74) is 0. The SMILES string of the molecule is CCCCCCCCCCCCC(CCCCCCCCC)COC(=O)CCCC(CCCCCC)OC(=O)OCCN(CCN(CC)CC)C(C)C. The van der Waals surface area contributed by atoms with Crippen LogP contribution >= 0.6 is 0 Å². The number of esters is 1. The van der Waals surface area contributed by atoms with Crippen molar-refractivity contribution in [3.63, 3.8) is 0 Å². The molecule has 316 valence electrons. The van der Waals surface area contributed by atoms with Crippen molar-refractivity contribution in [2.24, 2.45) is 5.92 Å². The van der Waals surface area contributed by atoms with Crippen LogP contribution in [0, 0.1) is 5.92 Å². The average molecular weight is 753 g/mol. The fraction of sp³-hybridized carbons (Fsp3) is 0.957. The van der Waals surface area contributed by atoms with E-state index in [9.17, 15) is 9.59 Å². The molecule has 0 fully saturated rings. The summed E-state index contributed by atoms with van der Waals surface area (Å²) in [5, 5.41) is 0. The quantitative estimate of drug-likeness (QED) is 0.0456. The Hall–Kier alpha value is -1.34. The van der Waals surface area contributed by atoms with E-state index in [4.69, 9.17) is 14.2 Å². The van der Waals surface area contributed by atoms with Gasteiger partial charge in [0, 0.05) is 32.1 Å². The van der Waals surface area contributed by atoms with Crippen molar-refractivity contribution in [2.75, 3.05) is 45.9 Å². The zero-order chi connectivity index (χ0) is 39.2. The summed E-state index contributed by atoms with van der Waals surface area (Å²) in [6.07, 6.45) is 31.2. The normalized spacial score (nSPS) is 12.9. The molecule has 7 nitrogen and oxygen atoms in total. The maximum atomic E-state index is 12.9. The van der Waals surface area contributed by atoms with Gasteiger partial charge in [-0.2, -0.15) is 0 Å². The van der Waals surface area contributed by atoms with Crippen molar-refractivity contribution in [1.82, 2.24) is 9.80 Å². The lowest BCUT2D eigenvalue weighted by Gasteiger charge is -2.29. The predicted octanol–water partition coefficient (Wildman–Crippen LogP) is 13.3. The molecule has 0 radical (unpaired) electrons.